The first-order valence-electron chi connectivity index (χ1n) is 10.0. The van der Waals surface area contributed by atoms with Gasteiger partial charge in [0.2, 0.25) is 6.61 Å². The molecule has 35 heavy (non-hydrogen) atoms. The molecule has 188 valence electrons. The predicted octanol–water partition coefficient (Wildman–Crippen LogP) is 1.37. The molecule has 2 aliphatic heterocycles. The molecule has 1 aromatic rings. The number of halogens is 1. The Morgan fingerprint density at radius 1 is 1.43 bits per heavy atom. The summed E-state index contributed by atoms with van der Waals surface area (Å²) in [6, 6.07) is -1.04. The second-order valence-corrected chi connectivity index (χ2v) is 11.0. The van der Waals surface area contributed by atoms with Gasteiger partial charge in [-0.1, -0.05) is 40.7 Å². The zero-order valence-corrected chi connectivity index (χ0v) is 21.3. The number of thioether (sulfide) groups is 1. The van der Waals surface area contributed by atoms with Gasteiger partial charge in [0.25, 0.3) is 11.8 Å². The van der Waals surface area contributed by atoms with Crippen molar-refractivity contribution in [3.05, 3.63) is 34.0 Å². The van der Waals surface area contributed by atoms with E-state index in [1.165, 1.54) is 17.8 Å². The van der Waals surface area contributed by atoms with Crippen molar-refractivity contribution in [3.63, 3.8) is 0 Å². The van der Waals surface area contributed by atoms with Gasteiger partial charge in [-0.05, 0) is 26.3 Å². The van der Waals surface area contributed by atoms with E-state index in [1.54, 1.807) is 20.8 Å². The van der Waals surface area contributed by atoms with Crippen molar-refractivity contribution >= 4 is 69.3 Å². The van der Waals surface area contributed by atoms with E-state index in [-0.39, 0.29) is 20.9 Å². The number of β-lactam (4-membered cyclic amide) rings is 1. The fourth-order valence-corrected chi connectivity index (χ4v) is 5.45. The van der Waals surface area contributed by atoms with Crippen molar-refractivity contribution in [2.24, 2.45) is 5.16 Å². The van der Waals surface area contributed by atoms with Crippen LogP contribution in [-0.4, -0.2) is 73.8 Å². The fourth-order valence-electron chi connectivity index (χ4n) is 3.19. The predicted molar refractivity (Wildman–Crippen MR) is 130 cm³/mol. The number of anilines is 1. The number of oxime groups is 1. The second kappa shape index (κ2) is 10.3. The molecule has 0 aromatic carbocycles. The third kappa shape index (κ3) is 5.77. The molecule has 12 nitrogen and oxygen atoms in total. The molecule has 1 aromatic heterocycles. The number of hydrogen-bond donors (Lipinski definition) is 3. The maximum atomic E-state index is 13.1. The summed E-state index contributed by atoms with van der Waals surface area (Å²) < 4.78 is 5.16. The number of esters is 1. The molecule has 15 heteroatoms. The average molecular weight is 544 g/mol. The topological polar surface area (TPSA) is 174 Å². The van der Waals surface area contributed by atoms with E-state index >= 15 is 0 Å². The van der Waals surface area contributed by atoms with Gasteiger partial charge in [-0.25, -0.2) is 14.6 Å². The number of nitrogens with two attached hydrogens (primary N) is 1. The van der Waals surface area contributed by atoms with Gasteiger partial charge >= 0.3 is 11.9 Å². The zero-order chi connectivity index (χ0) is 26.1. The van der Waals surface area contributed by atoms with E-state index in [2.05, 4.69) is 22.0 Å². The van der Waals surface area contributed by atoms with Crippen LogP contribution in [0, 0.1) is 0 Å². The number of nitrogens with zero attached hydrogens (tertiary/aromatic N) is 3. The van der Waals surface area contributed by atoms with Crippen LogP contribution in [0.1, 0.15) is 26.5 Å². The molecular weight excluding hydrogens is 522 g/mol. The van der Waals surface area contributed by atoms with Gasteiger partial charge in [0, 0.05) is 5.75 Å². The highest BCUT2D eigenvalue weighted by atomic mass is 35.5. The van der Waals surface area contributed by atoms with E-state index < -0.39 is 53.1 Å². The highest BCUT2D eigenvalue weighted by molar-refractivity contribution is 8.00. The number of fused-ring (bicyclic) bond motifs is 1. The Balaban J connectivity index is 1.79. The smallest absolute Gasteiger partial charge is 0.352 e. The van der Waals surface area contributed by atoms with Crippen molar-refractivity contribution in [2.75, 3.05) is 18.1 Å². The van der Waals surface area contributed by atoms with E-state index in [4.69, 9.17) is 26.9 Å². The summed E-state index contributed by atoms with van der Waals surface area (Å²) in [5.74, 6) is -3.20. The number of carbonyl (C=O) groups is 4. The van der Waals surface area contributed by atoms with Crippen LogP contribution >= 0.6 is 34.7 Å². The number of ether oxygens (including phenoxy) is 1. The number of carbonyl (C=O) groups excluding carboxylic acids is 3. The molecule has 4 N–H and O–H groups in total. The van der Waals surface area contributed by atoms with Crippen LogP contribution in [-0.2, 0) is 28.8 Å². The van der Waals surface area contributed by atoms with Crippen molar-refractivity contribution in [1.29, 1.82) is 0 Å². The number of aromatic nitrogens is 1. The molecule has 0 saturated carbocycles. The molecular formula is C20H22ClN5O7S2. The van der Waals surface area contributed by atoms with Crippen molar-refractivity contribution in [1.82, 2.24) is 15.2 Å². The summed E-state index contributed by atoms with van der Waals surface area (Å²) in [6.45, 7) is 8.02. The van der Waals surface area contributed by atoms with Gasteiger partial charge in [0.1, 0.15) is 32.7 Å². The lowest BCUT2D eigenvalue weighted by Crippen LogP contribution is -2.71. The normalized spacial score (nSPS) is 20.1. The molecule has 0 bridgehead atoms. The van der Waals surface area contributed by atoms with E-state index in [0.29, 0.717) is 11.3 Å². The molecule has 2 atom stereocenters. The van der Waals surface area contributed by atoms with Crippen molar-refractivity contribution in [2.45, 2.75) is 37.8 Å². The number of rotatable bonds is 8. The van der Waals surface area contributed by atoms with Gasteiger partial charge < -0.3 is 25.7 Å². The lowest BCUT2D eigenvalue weighted by atomic mass is 10.0. The van der Waals surface area contributed by atoms with Crippen LogP contribution in [0.15, 0.2) is 29.1 Å². The molecule has 2 aliphatic rings. The molecule has 3 rings (SSSR count). The first-order valence-corrected chi connectivity index (χ1v) is 12.3. The summed E-state index contributed by atoms with van der Waals surface area (Å²) in [6.07, 6.45) is 1.38. The first kappa shape index (κ1) is 26.5. The molecule has 0 spiro atoms. The number of nitrogens with one attached hydrogen (secondary N) is 1. The molecule has 1 saturated heterocycles. The number of hydrogen-bond acceptors (Lipinski definition) is 11. The molecule has 1 unspecified atom stereocenters. The summed E-state index contributed by atoms with van der Waals surface area (Å²) in [4.78, 5) is 59.5. The lowest BCUT2D eigenvalue weighted by Gasteiger charge is -2.49. The highest BCUT2D eigenvalue weighted by Crippen LogP contribution is 2.40. The maximum absolute atomic E-state index is 13.1. The van der Waals surface area contributed by atoms with Crippen LogP contribution in [0.5, 0.6) is 0 Å². The lowest BCUT2D eigenvalue weighted by molar-refractivity contribution is -0.160. The van der Waals surface area contributed by atoms with E-state index in [9.17, 15) is 24.3 Å². The third-order valence-electron chi connectivity index (χ3n) is 4.53. The second-order valence-electron chi connectivity index (χ2n) is 8.22. The van der Waals surface area contributed by atoms with Crippen molar-refractivity contribution < 1.29 is 33.9 Å². The molecule has 0 radical (unpaired) electrons. The SMILES string of the molecule is C=CC1=C(C(=O)O)N2C(=O)C(NC(=O)C(=NOCC(=O)OC(C)(C)C)c3nc(N)sc3Cl)[C@@H]2SC1. The Kier molecular flexibility index (Phi) is 7.77. The van der Waals surface area contributed by atoms with E-state index in [0.717, 1.165) is 16.2 Å². The quantitative estimate of drug-likeness (QED) is 0.188. The monoisotopic (exact) mass is 543 g/mol. The van der Waals surface area contributed by atoms with E-state index in [1.807, 2.05) is 0 Å². The van der Waals surface area contributed by atoms with Crippen LogP contribution in [0.25, 0.3) is 0 Å². The number of nitrogen functional groups attached to an aromatic ring is 1. The fraction of sp³-hybridized carbons (Fsp3) is 0.400. The Hall–Kier alpha value is -3.10. The molecule has 0 aliphatic carbocycles. The van der Waals surface area contributed by atoms with Crippen LogP contribution < -0.4 is 11.1 Å². The van der Waals surface area contributed by atoms with Crippen LogP contribution in [0.4, 0.5) is 5.13 Å². The molecule has 1 fully saturated rings. The van der Waals surface area contributed by atoms with Gasteiger partial charge in [0.05, 0.1) is 0 Å². The van der Waals surface area contributed by atoms with Gasteiger partial charge in [0.15, 0.2) is 10.8 Å². The van der Waals surface area contributed by atoms with Gasteiger partial charge in [-0.15, -0.1) is 11.8 Å². The number of amides is 2. The maximum Gasteiger partial charge on any atom is 0.352 e. The minimum absolute atomic E-state index is 0.0394. The number of aliphatic carboxylic acids is 1. The number of carboxylic acid groups (broad SMARTS) is 1. The number of carboxylic acids is 1. The Morgan fingerprint density at radius 2 is 2.11 bits per heavy atom. The summed E-state index contributed by atoms with van der Waals surface area (Å²) in [7, 11) is 0. The minimum atomic E-state index is -1.27. The van der Waals surface area contributed by atoms with Gasteiger partial charge in [-0.2, -0.15) is 0 Å². The van der Waals surface area contributed by atoms with Crippen LogP contribution in [0.3, 0.4) is 0 Å². The zero-order valence-electron chi connectivity index (χ0n) is 18.9. The first-order chi connectivity index (χ1) is 16.3. The van der Waals surface area contributed by atoms with Gasteiger partial charge in [-0.3, -0.25) is 14.5 Å². The number of thiazole rings is 1. The summed E-state index contributed by atoms with van der Waals surface area (Å²) in [5.41, 5.74) is 4.63. The van der Waals surface area contributed by atoms with Crippen molar-refractivity contribution in [3.8, 4) is 0 Å². The third-order valence-corrected chi connectivity index (χ3v) is 6.92. The molecule has 2 amide bonds. The summed E-state index contributed by atoms with van der Waals surface area (Å²) >= 11 is 8.29. The van der Waals surface area contributed by atoms with Crippen LogP contribution in [0.2, 0.25) is 4.34 Å². The minimum Gasteiger partial charge on any atom is -0.477 e. The average Bonchev–Trinajstić information content (AvgIpc) is 3.09. The Morgan fingerprint density at radius 3 is 2.66 bits per heavy atom. The molecule has 3 heterocycles. The highest BCUT2D eigenvalue weighted by Gasteiger charge is 2.54. The number of allylic oxidation sites excluding steroid dienone is 1. The largest absolute Gasteiger partial charge is 0.477 e. The Bertz CT molecular complexity index is 1160. The summed E-state index contributed by atoms with van der Waals surface area (Å²) in [5, 5.41) is 15.2. The Labute approximate surface area is 213 Å². The standard InChI is InChI=1S/C20H22ClN5O7S2/c1-5-8-7-34-17-12(16(29)26(17)13(8)18(30)31)23-15(28)11(10-14(21)35-19(22)24-10)25-32-6-9(27)33-20(2,3)4/h5,12,17H,1,6-7H2,2-4H3,(H2,22,24)(H,23,28)(H,30,31)/t12?,17-/m0/s1.